The van der Waals surface area contributed by atoms with Crippen LogP contribution in [0.5, 0.6) is 0 Å². The van der Waals surface area contributed by atoms with E-state index < -0.39 is 0 Å². The molecular weight excluding hydrogens is 458 g/mol. The SMILES string of the molecule is CC(C)CCCC(C)C1CCC2C1CCC1C2CC=C2C[C@@H](OCCCNC(=O)CCC=O)CC[C@@]21C. The third kappa shape index (κ3) is 6.89. The molecule has 6 unspecified atom stereocenters. The molecule has 4 heteroatoms. The van der Waals surface area contributed by atoms with Crippen LogP contribution in [-0.2, 0) is 14.3 Å². The van der Waals surface area contributed by atoms with Gasteiger partial charge >= 0.3 is 0 Å². The number of carbonyl (C=O) groups excluding carboxylic acids is 2. The summed E-state index contributed by atoms with van der Waals surface area (Å²) in [6.07, 6.45) is 20.3. The fraction of sp³-hybridized carbons (Fsp3) is 0.879. The van der Waals surface area contributed by atoms with Gasteiger partial charge in [-0.3, -0.25) is 4.79 Å². The van der Waals surface area contributed by atoms with Crippen LogP contribution in [0.4, 0.5) is 0 Å². The van der Waals surface area contributed by atoms with Crippen LogP contribution in [0.3, 0.4) is 0 Å². The topological polar surface area (TPSA) is 55.4 Å². The van der Waals surface area contributed by atoms with Gasteiger partial charge in [-0.15, -0.1) is 0 Å². The molecule has 210 valence electrons. The predicted octanol–water partition coefficient (Wildman–Crippen LogP) is 7.51. The Morgan fingerprint density at radius 1 is 1.08 bits per heavy atom. The lowest BCUT2D eigenvalue weighted by Gasteiger charge is -2.55. The summed E-state index contributed by atoms with van der Waals surface area (Å²) in [6, 6.07) is 0. The summed E-state index contributed by atoms with van der Waals surface area (Å²) >= 11 is 0. The minimum absolute atomic E-state index is 0.0358. The minimum atomic E-state index is -0.0358. The van der Waals surface area contributed by atoms with Crippen molar-refractivity contribution in [2.75, 3.05) is 13.2 Å². The molecule has 8 atom stereocenters. The number of carbonyl (C=O) groups is 2. The van der Waals surface area contributed by atoms with Gasteiger partial charge in [-0.25, -0.2) is 0 Å². The highest BCUT2D eigenvalue weighted by atomic mass is 16.5. The number of fused-ring (bicyclic) bond motifs is 5. The Kier molecular flexibility index (Phi) is 10.3. The summed E-state index contributed by atoms with van der Waals surface area (Å²) < 4.78 is 6.28. The molecule has 0 saturated heterocycles. The summed E-state index contributed by atoms with van der Waals surface area (Å²) in [5.74, 6) is 6.46. The van der Waals surface area contributed by atoms with Crippen molar-refractivity contribution in [3.8, 4) is 0 Å². The molecule has 4 aliphatic carbocycles. The number of aldehydes is 1. The molecule has 0 aliphatic heterocycles. The van der Waals surface area contributed by atoms with Crippen LogP contribution >= 0.6 is 0 Å². The van der Waals surface area contributed by atoms with E-state index in [0.717, 1.165) is 60.6 Å². The van der Waals surface area contributed by atoms with E-state index >= 15 is 0 Å². The van der Waals surface area contributed by atoms with Gasteiger partial charge in [-0.2, -0.15) is 0 Å². The Hall–Kier alpha value is -1.16. The molecule has 3 saturated carbocycles. The molecular formula is C33H55NO3. The maximum atomic E-state index is 11.6. The van der Waals surface area contributed by atoms with Gasteiger partial charge in [-0.05, 0) is 105 Å². The fourth-order valence-electron chi connectivity index (χ4n) is 9.06. The maximum absolute atomic E-state index is 11.6. The van der Waals surface area contributed by atoms with Crippen LogP contribution in [0.2, 0.25) is 0 Å². The van der Waals surface area contributed by atoms with Crippen LogP contribution in [-0.4, -0.2) is 31.4 Å². The Balaban J connectivity index is 1.25. The van der Waals surface area contributed by atoms with Gasteiger partial charge in [0.2, 0.25) is 5.91 Å². The molecule has 0 aromatic rings. The second kappa shape index (κ2) is 13.3. The smallest absolute Gasteiger partial charge is 0.220 e. The maximum Gasteiger partial charge on any atom is 0.220 e. The van der Waals surface area contributed by atoms with Crippen molar-refractivity contribution in [3.05, 3.63) is 11.6 Å². The van der Waals surface area contributed by atoms with E-state index in [9.17, 15) is 9.59 Å². The Morgan fingerprint density at radius 3 is 2.68 bits per heavy atom. The molecule has 0 aromatic heterocycles. The first kappa shape index (κ1) is 28.8. The molecule has 0 aromatic carbocycles. The summed E-state index contributed by atoms with van der Waals surface area (Å²) in [5, 5.41) is 2.89. The predicted molar refractivity (Wildman–Crippen MR) is 151 cm³/mol. The molecule has 4 aliphatic rings. The highest BCUT2D eigenvalue weighted by Crippen LogP contribution is 2.63. The minimum Gasteiger partial charge on any atom is -0.378 e. The second-order valence-electron chi connectivity index (χ2n) is 13.7. The van der Waals surface area contributed by atoms with Crippen LogP contribution in [0, 0.1) is 46.8 Å². The number of amides is 1. The quantitative estimate of drug-likeness (QED) is 0.157. The van der Waals surface area contributed by atoms with Gasteiger partial charge in [0, 0.05) is 26.0 Å². The fourth-order valence-corrected chi connectivity index (χ4v) is 9.06. The van der Waals surface area contributed by atoms with Gasteiger partial charge in [0.25, 0.3) is 0 Å². The first-order valence-corrected chi connectivity index (χ1v) is 15.8. The highest BCUT2D eigenvalue weighted by Gasteiger charge is 2.54. The van der Waals surface area contributed by atoms with Crippen molar-refractivity contribution in [1.82, 2.24) is 5.32 Å². The van der Waals surface area contributed by atoms with Crippen molar-refractivity contribution >= 4 is 12.2 Å². The molecule has 0 bridgehead atoms. The zero-order valence-electron chi connectivity index (χ0n) is 24.3. The first-order valence-electron chi connectivity index (χ1n) is 15.8. The molecule has 3 fully saturated rings. The Bertz CT molecular complexity index is 790. The number of hydrogen-bond acceptors (Lipinski definition) is 3. The summed E-state index contributed by atoms with van der Waals surface area (Å²) in [5.41, 5.74) is 2.09. The lowest BCUT2D eigenvalue weighted by molar-refractivity contribution is -0.122. The molecule has 4 nitrogen and oxygen atoms in total. The zero-order valence-corrected chi connectivity index (χ0v) is 24.3. The van der Waals surface area contributed by atoms with E-state index in [4.69, 9.17) is 4.74 Å². The number of rotatable bonds is 13. The first-order chi connectivity index (χ1) is 17.8. The number of allylic oxidation sites excluding steroid dienone is 1. The molecule has 0 spiro atoms. The van der Waals surface area contributed by atoms with Crippen LogP contribution in [0.15, 0.2) is 11.6 Å². The molecule has 0 heterocycles. The molecule has 37 heavy (non-hydrogen) atoms. The molecule has 0 radical (unpaired) electrons. The summed E-state index contributed by atoms with van der Waals surface area (Å²) in [6.45, 7) is 11.2. The lowest BCUT2D eigenvalue weighted by atomic mass is 9.50. The van der Waals surface area contributed by atoms with Gasteiger partial charge < -0.3 is 14.8 Å². The third-order valence-electron chi connectivity index (χ3n) is 11.1. The molecule has 1 amide bonds. The highest BCUT2D eigenvalue weighted by molar-refractivity contribution is 5.77. The van der Waals surface area contributed by atoms with Gasteiger partial charge in [-0.1, -0.05) is 58.6 Å². The van der Waals surface area contributed by atoms with E-state index in [1.54, 1.807) is 5.57 Å². The van der Waals surface area contributed by atoms with E-state index in [1.807, 2.05) is 0 Å². The Morgan fingerprint density at radius 2 is 1.89 bits per heavy atom. The van der Waals surface area contributed by atoms with E-state index in [2.05, 4.69) is 39.1 Å². The summed E-state index contributed by atoms with van der Waals surface area (Å²) in [7, 11) is 0. The largest absolute Gasteiger partial charge is 0.378 e. The molecule has 1 N–H and O–H groups in total. The third-order valence-corrected chi connectivity index (χ3v) is 11.1. The van der Waals surface area contributed by atoms with Gasteiger partial charge in [0.15, 0.2) is 0 Å². The van der Waals surface area contributed by atoms with Crippen molar-refractivity contribution in [3.63, 3.8) is 0 Å². The van der Waals surface area contributed by atoms with Crippen LogP contribution in [0.25, 0.3) is 0 Å². The number of hydrogen-bond donors (Lipinski definition) is 1. The van der Waals surface area contributed by atoms with Gasteiger partial charge in [0.1, 0.15) is 6.29 Å². The monoisotopic (exact) mass is 513 g/mol. The van der Waals surface area contributed by atoms with Crippen molar-refractivity contribution in [2.45, 2.75) is 124 Å². The van der Waals surface area contributed by atoms with Crippen molar-refractivity contribution < 1.29 is 14.3 Å². The lowest BCUT2D eigenvalue weighted by Crippen LogP contribution is -2.48. The van der Waals surface area contributed by atoms with E-state index in [1.165, 1.54) is 64.2 Å². The van der Waals surface area contributed by atoms with Crippen LogP contribution in [0.1, 0.15) is 118 Å². The van der Waals surface area contributed by atoms with Gasteiger partial charge in [0.05, 0.1) is 6.10 Å². The summed E-state index contributed by atoms with van der Waals surface area (Å²) in [4.78, 5) is 22.0. The van der Waals surface area contributed by atoms with Crippen molar-refractivity contribution in [2.24, 2.45) is 46.8 Å². The van der Waals surface area contributed by atoms with E-state index in [-0.39, 0.29) is 5.91 Å². The standard InChI is InChI=1S/C33H55NO3/c1-23(2)8-5-9-24(3)27-13-14-29-28(27)15-16-31-30(29)12-11-25-22-26(17-18-33(25,31)4)37-21-7-19-34-32(36)10-6-20-35/h11,20,23-24,26-31H,5-10,12-19,21-22H2,1-4H3,(H,34,36)/t24?,26-,27?,28?,29?,30?,31?,33-/m0/s1. The van der Waals surface area contributed by atoms with Crippen molar-refractivity contribution in [1.29, 1.82) is 0 Å². The Labute approximate surface area is 227 Å². The number of ether oxygens (including phenoxy) is 1. The van der Waals surface area contributed by atoms with Crippen LogP contribution < -0.4 is 5.32 Å². The zero-order chi connectivity index (χ0) is 26.4. The second-order valence-corrected chi connectivity index (χ2v) is 13.7. The molecule has 4 rings (SSSR count). The average Bonchev–Trinajstić information content (AvgIpc) is 3.31. The van der Waals surface area contributed by atoms with E-state index in [0.29, 0.717) is 37.5 Å². The normalized spacial score (nSPS) is 35.8. The number of nitrogens with one attached hydrogen (secondary N) is 1. The average molecular weight is 514 g/mol.